The lowest BCUT2D eigenvalue weighted by Crippen LogP contribution is -2.17. The minimum Gasteiger partial charge on any atom is -0.322 e. The van der Waals surface area contributed by atoms with Gasteiger partial charge in [-0.3, -0.25) is 9.67 Å². The number of nitrogens with zero attached hydrogens (tertiary/aromatic N) is 4. The minimum atomic E-state index is -0.179. The molecular weight excluding hydrogens is 250 g/mol. The van der Waals surface area contributed by atoms with E-state index < -0.39 is 0 Å². The summed E-state index contributed by atoms with van der Waals surface area (Å²) < 4.78 is 1.74. The second-order valence-electron chi connectivity index (χ2n) is 4.99. The Kier molecular flexibility index (Phi) is 3.20. The topological polar surface area (TPSA) is 69.6 Å². The number of nitrogens with two attached hydrogens (primary N) is 1. The molecule has 102 valence electrons. The van der Waals surface area contributed by atoms with Crippen molar-refractivity contribution in [3.05, 3.63) is 53.7 Å². The van der Waals surface area contributed by atoms with Crippen LogP contribution in [0.25, 0.3) is 10.9 Å². The zero-order valence-corrected chi connectivity index (χ0v) is 11.6. The average Bonchev–Trinajstić information content (AvgIpc) is 2.84. The highest BCUT2D eigenvalue weighted by Crippen LogP contribution is 2.21. The summed E-state index contributed by atoms with van der Waals surface area (Å²) in [5.41, 5.74) is 9.34. The molecule has 0 aliphatic carbocycles. The van der Waals surface area contributed by atoms with Gasteiger partial charge < -0.3 is 5.73 Å². The fourth-order valence-electron chi connectivity index (χ4n) is 2.37. The number of rotatable bonds is 3. The van der Waals surface area contributed by atoms with Crippen LogP contribution in [0.15, 0.2) is 36.7 Å². The quantitative estimate of drug-likeness (QED) is 0.787. The van der Waals surface area contributed by atoms with E-state index in [0.29, 0.717) is 6.42 Å². The molecule has 2 aromatic heterocycles. The molecule has 0 bridgehead atoms. The number of hydrogen-bond acceptors (Lipinski definition) is 4. The van der Waals surface area contributed by atoms with Gasteiger partial charge in [-0.2, -0.15) is 5.10 Å². The predicted octanol–water partition coefficient (Wildman–Crippen LogP) is 1.91. The molecule has 0 aliphatic rings. The third kappa shape index (κ3) is 2.28. The highest BCUT2D eigenvalue weighted by Gasteiger charge is 2.13. The van der Waals surface area contributed by atoms with Crippen molar-refractivity contribution in [2.75, 3.05) is 0 Å². The molecule has 0 aliphatic heterocycles. The Morgan fingerprint density at radius 1 is 1.30 bits per heavy atom. The molecule has 0 fully saturated rings. The van der Waals surface area contributed by atoms with Gasteiger partial charge in [0, 0.05) is 18.9 Å². The summed E-state index contributed by atoms with van der Waals surface area (Å²) in [6.45, 7) is 2.09. The van der Waals surface area contributed by atoms with E-state index in [2.05, 4.69) is 34.1 Å². The molecule has 5 nitrogen and oxygen atoms in total. The number of hydrogen-bond donors (Lipinski definition) is 1. The summed E-state index contributed by atoms with van der Waals surface area (Å²) in [6, 6.07) is 9.99. The van der Waals surface area contributed by atoms with Crippen molar-refractivity contribution in [3.63, 3.8) is 0 Å². The van der Waals surface area contributed by atoms with Crippen molar-refractivity contribution >= 4 is 10.9 Å². The fraction of sp³-hybridized carbons (Fsp3) is 0.267. The smallest absolute Gasteiger partial charge is 0.138 e. The van der Waals surface area contributed by atoms with Gasteiger partial charge in [0.25, 0.3) is 0 Å². The van der Waals surface area contributed by atoms with Crippen LogP contribution in [0.4, 0.5) is 0 Å². The molecule has 3 aromatic rings. The first kappa shape index (κ1) is 12.7. The van der Waals surface area contributed by atoms with Crippen LogP contribution in [0.5, 0.6) is 0 Å². The second-order valence-corrected chi connectivity index (χ2v) is 4.99. The van der Waals surface area contributed by atoms with Gasteiger partial charge in [0.2, 0.25) is 0 Å². The van der Waals surface area contributed by atoms with Crippen LogP contribution in [0.1, 0.15) is 23.1 Å². The summed E-state index contributed by atoms with van der Waals surface area (Å²) in [5.74, 6) is 0.866. The molecule has 0 saturated heterocycles. The van der Waals surface area contributed by atoms with E-state index in [-0.39, 0.29) is 6.04 Å². The first-order chi connectivity index (χ1) is 9.65. The van der Waals surface area contributed by atoms with E-state index in [1.165, 1.54) is 10.9 Å². The summed E-state index contributed by atoms with van der Waals surface area (Å²) in [4.78, 5) is 8.87. The minimum absolute atomic E-state index is 0.179. The van der Waals surface area contributed by atoms with E-state index in [1.54, 1.807) is 11.0 Å². The maximum atomic E-state index is 6.27. The SMILES string of the molecule is Cc1cc(C(N)Cc2ncnn2C)nc2ccccc12. The van der Waals surface area contributed by atoms with E-state index in [0.717, 1.165) is 17.0 Å². The van der Waals surface area contributed by atoms with Crippen LogP contribution >= 0.6 is 0 Å². The molecule has 20 heavy (non-hydrogen) atoms. The lowest BCUT2D eigenvalue weighted by molar-refractivity contribution is 0.620. The second kappa shape index (κ2) is 5.02. The molecule has 1 atom stereocenters. The molecule has 5 heteroatoms. The van der Waals surface area contributed by atoms with Crippen LogP contribution in [-0.2, 0) is 13.5 Å². The standard InChI is InChI=1S/C15H17N5/c1-10-7-14(19-13-6-4-3-5-11(10)13)12(16)8-15-17-9-18-20(15)2/h3-7,9,12H,8,16H2,1-2H3. The molecule has 0 amide bonds. The fourth-order valence-corrected chi connectivity index (χ4v) is 2.37. The Balaban J connectivity index is 1.95. The first-order valence-electron chi connectivity index (χ1n) is 6.60. The maximum Gasteiger partial charge on any atom is 0.138 e. The highest BCUT2D eigenvalue weighted by atomic mass is 15.3. The summed E-state index contributed by atoms with van der Waals surface area (Å²) in [7, 11) is 1.87. The third-order valence-corrected chi connectivity index (χ3v) is 3.53. The number of fused-ring (bicyclic) bond motifs is 1. The zero-order valence-electron chi connectivity index (χ0n) is 11.6. The Hall–Kier alpha value is -2.27. The van der Waals surface area contributed by atoms with Crippen LogP contribution < -0.4 is 5.73 Å². The number of benzene rings is 1. The lowest BCUT2D eigenvalue weighted by atomic mass is 10.0. The summed E-state index contributed by atoms with van der Waals surface area (Å²) >= 11 is 0. The van der Waals surface area contributed by atoms with Crippen molar-refractivity contribution in [2.24, 2.45) is 12.8 Å². The van der Waals surface area contributed by atoms with E-state index in [4.69, 9.17) is 5.73 Å². The molecule has 0 spiro atoms. The van der Waals surface area contributed by atoms with Crippen molar-refractivity contribution in [3.8, 4) is 0 Å². The van der Waals surface area contributed by atoms with Gasteiger partial charge >= 0.3 is 0 Å². The van der Waals surface area contributed by atoms with Crippen molar-refractivity contribution in [1.29, 1.82) is 0 Å². The van der Waals surface area contributed by atoms with Crippen LogP contribution in [0, 0.1) is 6.92 Å². The Morgan fingerprint density at radius 2 is 2.10 bits per heavy atom. The monoisotopic (exact) mass is 267 g/mol. The first-order valence-corrected chi connectivity index (χ1v) is 6.60. The molecule has 1 aromatic carbocycles. The highest BCUT2D eigenvalue weighted by molar-refractivity contribution is 5.82. The number of aryl methyl sites for hydroxylation is 2. The van der Waals surface area contributed by atoms with Gasteiger partial charge in [-0.05, 0) is 24.6 Å². The van der Waals surface area contributed by atoms with Gasteiger partial charge in [0.05, 0.1) is 17.3 Å². The average molecular weight is 267 g/mol. The van der Waals surface area contributed by atoms with Gasteiger partial charge in [-0.15, -0.1) is 0 Å². The van der Waals surface area contributed by atoms with Crippen LogP contribution in [0.3, 0.4) is 0 Å². The molecule has 3 rings (SSSR count). The molecule has 2 N–H and O–H groups in total. The van der Waals surface area contributed by atoms with Crippen LogP contribution in [0.2, 0.25) is 0 Å². The third-order valence-electron chi connectivity index (χ3n) is 3.53. The van der Waals surface area contributed by atoms with Crippen molar-refractivity contribution in [2.45, 2.75) is 19.4 Å². The Bertz CT molecular complexity index is 747. The molecular formula is C15H17N5. The normalized spacial score (nSPS) is 12.8. The van der Waals surface area contributed by atoms with E-state index in [1.807, 2.05) is 25.2 Å². The summed E-state index contributed by atoms with van der Waals surface area (Å²) in [6.07, 6.45) is 2.17. The van der Waals surface area contributed by atoms with Crippen molar-refractivity contribution < 1.29 is 0 Å². The molecule has 0 radical (unpaired) electrons. The number of aromatic nitrogens is 4. The largest absolute Gasteiger partial charge is 0.322 e. The predicted molar refractivity (Wildman–Crippen MR) is 78.1 cm³/mol. The van der Waals surface area contributed by atoms with Crippen molar-refractivity contribution in [1.82, 2.24) is 19.7 Å². The zero-order chi connectivity index (χ0) is 14.1. The molecule has 0 saturated carbocycles. The van der Waals surface area contributed by atoms with Gasteiger partial charge in [0.15, 0.2) is 0 Å². The maximum absolute atomic E-state index is 6.27. The van der Waals surface area contributed by atoms with Gasteiger partial charge in [-0.25, -0.2) is 4.98 Å². The number of pyridine rings is 1. The Labute approximate surface area is 117 Å². The van der Waals surface area contributed by atoms with Gasteiger partial charge in [0.1, 0.15) is 12.2 Å². The molecule has 2 heterocycles. The Morgan fingerprint density at radius 3 is 2.85 bits per heavy atom. The molecule has 1 unspecified atom stereocenters. The van der Waals surface area contributed by atoms with Gasteiger partial charge in [-0.1, -0.05) is 18.2 Å². The van der Waals surface area contributed by atoms with E-state index in [9.17, 15) is 0 Å². The van der Waals surface area contributed by atoms with Crippen LogP contribution in [-0.4, -0.2) is 19.7 Å². The lowest BCUT2D eigenvalue weighted by Gasteiger charge is -2.13. The summed E-state index contributed by atoms with van der Waals surface area (Å²) in [5, 5.41) is 5.23. The number of para-hydroxylation sites is 1. The van der Waals surface area contributed by atoms with E-state index >= 15 is 0 Å².